The summed E-state index contributed by atoms with van der Waals surface area (Å²) in [6.45, 7) is 4.45. The number of likely N-dealkylation sites (N-methyl/N-ethyl adjacent to an activating group) is 1. The van der Waals surface area contributed by atoms with Crippen LogP contribution in [0, 0.1) is 0 Å². The molecule has 1 N–H and O–H groups in total. The molecule has 2 atom stereocenters. The number of nitrogens with zero attached hydrogens (tertiary/aromatic N) is 1. The van der Waals surface area contributed by atoms with Crippen molar-refractivity contribution in [1.82, 2.24) is 0 Å². The van der Waals surface area contributed by atoms with Crippen LogP contribution in [0.15, 0.2) is 48.6 Å². The standard InChI is InChI=1S/C36H61NO7/c1-6-8-10-12-14-16-17-19-21-23-25-27-35(39)44-32(30-42-29-28-33(36(40)41)37(3,4)5)31-43-34(38)26-24-22-20-18-15-13-11-9-7-2/h8,10,14,16,18-21,32-33H,6-7,9,11-13,15,17,22-31H2,1-5H3/p+1/b10-8+,16-14+,20-18+,21-19+. The van der Waals surface area contributed by atoms with Gasteiger partial charge in [-0.2, -0.15) is 0 Å². The van der Waals surface area contributed by atoms with Gasteiger partial charge in [-0.05, 0) is 57.8 Å². The summed E-state index contributed by atoms with van der Waals surface area (Å²) < 4.78 is 17.0. The van der Waals surface area contributed by atoms with Crippen molar-refractivity contribution in [2.45, 2.75) is 122 Å². The van der Waals surface area contributed by atoms with Gasteiger partial charge in [-0.25, -0.2) is 4.79 Å². The fourth-order valence-corrected chi connectivity index (χ4v) is 4.35. The Morgan fingerprint density at radius 1 is 0.705 bits per heavy atom. The van der Waals surface area contributed by atoms with Gasteiger partial charge in [0.1, 0.15) is 6.61 Å². The van der Waals surface area contributed by atoms with Crippen LogP contribution in [0.5, 0.6) is 0 Å². The fourth-order valence-electron chi connectivity index (χ4n) is 4.35. The highest BCUT2D eigenvalue weighted by molar-refractivity contribution is 5.72. The van der Waals surface area contributed by atoms with Crippen LogP contribution < -0.4 is 0 Å². The second-order valence-corrected chi connectivity index (χ2v) is 12.0. The Labute approximate surface area is 267 Å². The van der Waals surface area contributed by atoms with Gasteiger partial charge in [0.15, 0.2) is 12.1 Å². The summed E-state index contributed by atoms with van der Waals surface area (Å²) in [4.78, 5) is 36.5. The highest BCUT2D eigenvalue weighted by Gasteiger charge is 2.31. The quantitative estimate of drug-likeness (QED) is 0.0413. The molecule has 0 heterocycles. The first-order valence-corrected chi connectivity index (χ1v) is 16.7. The number of carbonyl (C=O) groups is 3. The normalized spacial score (nSPS) is 13.8. The molecular weight excluding hydrogens is 558 g/mol. The number of rotatable bonds is 28. The summed E-state index contributed by atoms with van der Waals surface area (Å²) in [6.07, 6.45) is 29.0. The molecule has 0 saturated carbocycles. The third kappa shape index (κ3) is 25.8. The highest BCUT2D eigenvalue weighted by atomic mass is 16.6. The number of aliphatic carboxylic acids is 1. The van der Waals surface area contributed by atoms with E-state index < -0.39 is 18.1 Å². The van der Waals surface area contributed by atoms with Gasteiger partial charge < -0.3 is 23.8 Å². The zero-order chi connectivity index (χ0) is 32.9. The number of allylic oxidation sites excluding steroid dienone is 8. The van der Waals surface area contributed by atoms with Crippen molar-refractivity contribution < 1.29 is 38.2 Å². The predicted octanol–water partition coefficient (Wildman–Crippen LogP) is 7.73. The van der Waals surface area contributed by atoms with E-state index in [2.05, 4.69) is 62.5 Å². The van der Waals surface area contributed by atoms with E-state index in [-0.39, 0.29) is 42.7 Å². The molecule has 0 spiro atoms. The Kier molecular flexibility index (Phi) is 26.1. The molecule has 0 aromatic heterocycles. The number of carbonyl (C=O) groups excluding carboxylic acids is 2. The summed E-state index contributed by atoms with van der Waals surface area (Å²) >= 11 is 0. The molecule has 8 heteroatoms. The Bertz CT molecular complexity index is 870. The second-order valence-electron chi connectivity index (χ2n) is 12.0. The summed E-state index contributed by atoms with van der Waals surface area (Å²) in [6, 6.07) is -0.624. The van der Waals surface area contributed by atoms with E-state index in [1.807, 2.05) is 21.1 Å². The number of hydrogen-bond donors (Lipinski definition) is 1. The minimum Gasteiger partial charge on any atom is -0.477 e. The second kappa shape index (κ2) is 27.8. The van der Waals surface area contributed by atoms with Crippen LogP contribution >= 0.6 is 0 Å². The van der Waals surface area contributed by atoms with E-state index >= 15 is 0 Å². The van der Waals surface area contributed by atoms with E-state index in [1.54, 1.807) is 0 Å². The topological polar surface area (TPSA) is 99.1 Å². The van der Waals surface area contributed by atoms with Crippen molar-refractivity contribution in [2.75, 3.05) is 41.0 Å². The first kappa shape index (κ1) is 41.3. The van der Waals surface area contributed by atoms with Crippen LogP contribution in [-0.4, -0.2) is 80.6 Å². The number of esters is 2. The zero-order valence-corrected chi connectivity index (χ0v) is 28.3. The van der Waals surface area contributed by atoms with E-state index in [0.29, 0.717) is 25.7 Å². The molecule has 8 nitrogen and oxygen atoms in total. The molecule has 0 rings (SSSR count). The third-order valence-corrected chi connectivity index (χ3v) is 6.96. The van der Waals surface area contributed by atoms with Crippen molar-refractivity contribution in [3.8, 4) is 0 Å². The molecule has 44 heavy (non-hydrogen) atoms. The van der Waals surface area contributed by atoms with Gasteiger partial charge in [0.05, 0.1) is 34.4 Å². The van der Waals surface area contributed by atoms with Crippen molar-refractivity contribution >= 4 is 17.9 Å². The molecule has 0 aromatic carbocycles. The van der Waals surface area contributed by atoms with Crippen LogP contribution in [0.25, 0.3) is 0 Å². The lowest BCUT2D eigenvalue weighted by Crippen LogP contribution is -2.50. The molecule has 0 radical (unpaired) electrons. The highest BCUT2D eigenvalue weighted by Crippen LogP contribution is 2.10. The monoisotopic (exact) mass is 620 g/mol. The molecule has 0 aliphatic carbocycles. The van der Waals surface area contributed by atoms with Gasteiger partial charge in [0, 0.05) is 19.3 Å². The van der Waals surface area contributed by atoms with Crippen molar-refractivity contribution in [3.63, 3.8) is 0 Å². The number of unbranched alkanes of at least 4 members (excludes halogenated alkanes) is 6. The Hall–Kier alpha value is -2.71. The average molecular weight is 621 g/mol. The number of ether oxygens (including phenoxy) is 3. The molecule has 0 aliphatic heterocycles. The summed E-state index contributed by atoms with van der Waals surface area (Å²) in [5.74, 6) is -1.60. The predicted molar refractivity (Wildman–Crippen MR) is 178 cm³/mol. The van der Waals surface area contributed by atoms with Crippen LogP contribution in [-0.2, 0) is 28.6 Å². The van der Waals surface area contributed by atoms with Crippen LogP contribution in [0.4, 0.5) is 0 Å². The minimum atomic E-state index is -0.890. The number of hydrogen-bond acceptors (Lipinski definition) is 6. The maximum Gasteiger partial charge on any atom is 0.362 e. The molecule has 0 aromatic rings. The lowest BCUT2D eigenvalue weighted by atomic mass is 10.1. The Balaban J connectivity index is 4.63. The number of carboxylic acids is 1. The van der Waals surface area contributed by atoms with Crippen molar-refractivity contribution in [2.24, 2.45) is 0 Å². The lowest BCUT2D eigenvalue weighted by Gasteiger charge is -2.31. The SMILES string of the molecule is CC/C=C/C/C=C/C/C=C/CCCC(=O)OC(COCCC(C(=O)O)[N+](C)(C)C)COC(=O)CCC/C=C/CCCCCC. The van der Waals surface area contributed by atoms with Crippen molar-refractivity contribution in [1.29, 1.82) is 0 Å². The van der Waals surface area contributed by atoms with Gasteiger partial charge in [0.2, 0.25) is 0 Å². The zero-order valence-electron chi connectivity index (χ0n) is 28.3. The largest absolute Gasteiger partial charge is 0.477 e. The third-order valence-electron chi connectivity index (χ3n) is 6.96. The molecule has 2 unspecified atom stereocenters. The summed E-state index contributed by atoms with van der Waals surface area (Å²) in [5, 5.41) is 9.53. The van der Waals surface area contributed by atoms with E-state index in [9.17, 15) is 19.5 Å². The summed E-state index contributed by atoms with van der Waals surface area (Å²) in [5.41, 5.74) is 0. The van der Waals surface area contributed by atoms with Crippen LogP contribution in [0.2, 0.25) is 0 Å². The maximum absolute atomic E-state index is 12.5. The van der Waals surface area contributed by atoms with Gasteiger partial charge in [-0.15, -0.1) is 0 Å². The van der Waals surface area contributed by atoms with Crippen molar-refractivity contribution in [3.05, 3.63) is 48.6 Å². The van der Waals surface area contributed by atoms with E-state index in [1.165, 1.54) is 25.7 Å². The number of carboxylic acid groups (broad SMARTS) is 1. The first-order valence-electron chi connectivity index (χ1n) is 16.7. The van der Waals surface area contributed by atoms with Gasteiger partial charge >= 0.3 is 17.9 Å². The summed E-state index contributed by atoms with van der Waals surface area (Å²) in [7, 11) is 5.47. The van der Waals surface area contributed by atoms with Gasteiger partial charge in [0.25, 0.3) is 0 Å². The molecule has 252 valence electrons. The Morgan fingerprint density at radius 2 is 1.27 bits per heavy atom. The number of quaternary nitrogens is 1. The van der Waals surface area contributed by atoms with Crippen LogP contribution in [0.1, 0.15) is 110 Å². The molecular formula is C36H62NO7+. The fraction of sp³-hybridized carbons (Fsp3) is 0.694. The van der Waals surface area contributed by atoms with Gasteiger partial charge in [-0.3, -0.25) is 9.59 Å². The average Bonchev–Trinajstić information content (AvgIpc) is 2.96. The minimum absolute atomic E-state index is 0.0307. The molecule has 0 fully saturated rings. The van der Waals surface area contributed by atoms with E-state index in [4.69, 9.17) is 14.2 Å². The maximum atomic E-state index is 12.5. The molecule has 0 amide bonds. The molecule has 0 bridgehead atoms. The van der Waals surface area contributed by atoms with E-state index in [0.717, 1.165) is 38.5 Å². The smallest absolute Gasteiger partial charge is 0.362 e. The molecule has 0 saturated heterocycles. The van der Waals surface area contributed by atoms with Gasteiger partial charge in [-0.1, -0.05) is 81.7 Å². The Morgan fingerprint density at radius 3 is 1.86 bits per heavy atom. The molecule has 0 aliphatic rings. The van der Waals surface area contributed by atoms with Crippen LogP contribution in [0.3, 0.4) is 0 Å². The lowest BCUT2D eigenvalue weighted by molar-refractivity contribution is -0.887. The first-order chi connectivity index (χ1) is 21.1.